The molecule has 7 heteroatoms. The van der Waals surface area contributed by atoms with Gasteiger partial charge in [0.15, 0.2) is 4.32 Å². The van der Waals surface area contributed by atoms with Crippen LogP contribution in [0, 0.1) is 5.82 Å². The summed E-state index contributed by atoms with van der Waals surface area (Å²) in [6, 6.07) is 11.4. The van der Waals surface area contributed by atoms with Crippen LogP contribution < -0.4 is 9.64 Å². The molecule has 122 valence electrons. The SMILES string of the molecule is COc1ccccc1N1C(=O)/C(=C/c2c(F)cccc2Cl)SC1=S. The van der Waals surface area contributed by atoms with E-state index in [0.717, 1.165) is 11.8 Å². The van der Waals surface area contributed by atoms with Crippen LogP contribution in [0.4, 0.5) is 10.1 Å². The van der Waals surface area contributed by atoms with E-state index < -0.39 is 5.82 Å². The van der Waals surface area contributed by atoms with Gasteiger partial charge in [-0.15, -0.1) is 0 Å². The number of amides is 1. The maximum Gasteiger partial charge on any atom is 0.270 e. The van der Waals surface area contributed by atoms with Gasteiger partial charge in [-0.2, -0.15) is 0 Å². The van der Waals surface area contributed by atoms with E-state index in [4.69, 9.17) is 28.6 Å². The van der Waals surface area contributed by atoms with Crippen LogP contribution in [0.2, 0.25) is 5.02 Å². The lowest BCUT2D eigenvalue weighted by Gasteiger charge is -2.17. The first-order valence-corrected chi connectivity index (χ1v) is 8.48. The van der Waals surface area contributed by atoms with Crippen molar-refractivity contribution >= 4 is 57.6 Å². The van der Waals surface area contributed by atoms with Crippen LogP contribution in [0.5, 0.6) is 5.75 Å². The molecular weight excluding hydrogens is 369 g/mol. The first-order valence-electron chi connectivity index (χ1n) is 6.88. The summed E-state index contributed by atoms with van der Waals surface area (Å²) in [7, 11) is 1.52. The molecule has 0 aromatic heterocycles. The van der Waals surface area contributed by atoms with Gasteiger partial charge in [-0.25, -0.2) is 4.39 Å². The van der Waals surface area contributed by atoms with Gasteiger partial charge in [0, 0.05) is 5.56 Å². The summed E-state index contributed by atoms with van der Waals surface area (Å²) >= 11 is 12.4. The second-order valence-electron chi connectivity index (χ2n) is 4.82. The number of benzene rings is 2. The van der Waals surface area contributed by atoms with Crippen LogP contribution >= 0.6 is 35.6 Å². The first-order chi connectivity index (χ1) is 11.5. The van der Waals surface area contributed by atoms with Crippen LogP contribution in [-0.2, 0) is 4.79 Å². The van der Waals surface area contributed by atoms with Crippen molar-refractivity contribution in [3.05, 3.63) is 63.8 Å². The molecule has 2 aromatic carbocycles. The first kappa shape index (κ1) is 17.0. The molecule has 1 fully saturated rings. The Morgan fingerprint density at radius 3 is 2.71 bits per heavy atom. The van der Waals surface area contributed by atoms with Gasteiger partial charge in [0.05, 0.1) is 22.7 Å². The summed E-state index contributed by atoms with van der Waals surface area (Å²) in [5, 5.41) is 0.234. The molecule has 1 heterocycles. The maximum absolute atomic E-state index is 14.0. The van der Waals surface area contributed by atoms with E-state index in [0.29, 0.717) is 20.7 Å². The van der Waals surface area contributed by atoms with Gasteiger partial charge in [0.2, 0.25) is 0 Å². The molecule has 1 amide bonds. The van der Waals surface area contributed by atoms with Gasteiger partial charge in [0.25, 0.3) is 5.91 Å². The second kappa shape index (κ2) is 6.93. The highest BCUT2D eigenvalue weighted by atomic mass is 35.5. The zero-order chi connectivity index (χ0) is 17.3. The van der Waals surface area contributed by atoms with Crippen molar-refractivity contribution in [3.63, 3.8) is 0 Å². The van der Waals surface area contributed by atoms with Crippen molar-refractivity contribution in [2.75, 3.05) is 12.0 Å². The topological polar surface area (TPSA) is 29.5 Å². The van der Waals surface area contributed by atoms with Gasteiger partial charge < -0.3 is 4.74 Å². The fraction of sp³-hybridized carbons (Fsp3) is 0.0588. The number of thioether (sulfide) groups is 1. The van der Waals surface area contributed by atoms with Crippen molar-refractivity contribution in [3.8, 4) is 5.75 Å². The molecule has 0 spiro atoms. The number of nitrogens with zero attached hydrogens (tertiary/aromatic N) is 1. The third kappa shape index (κ3) is 3.05. The van der Waals surface area contributed by atoms with Gasteiger partial charge in [-0.3, -0.25) is 9.69 Å². The third-order valence-electron chi connectivity index (χ3n) is 3.39. The molecule has 3 nitrogen and oxygen atoms in total. The zero-order valence-corrected chi connectivity index (χ0v) is 14.8. The van der Waals surface area contributed by atoms with Gasteiger partial charge >= 0.3 is 0 Å². The Balaban J connectivity index is 2.02. The van der Waals surface area contributed by atoms with Crippen LogP contribution in [0.1, 0.15) is 5.56 Å². The molecule has 1 aliphatic rings. The lowest BCUT2D eigenvalue weighted by Crippen LogP contribution is -2.27. The summed E-state index contributed by atoms with van der Waals surface area (Å²) in [5.41, 5.74) is 0.713. The molecule has 0 saturated carbocycles. The molecule has 0 radical (unpaired) electrons. The number of hydrogen-bond donors (Lipinski definition) is 0. The number of para-hydroxylation sites is 2. The molecule has 0 unspecified atom stereocenters. The van der Waals surface area contributed by atoms with Gasteiger partial charge in [-0.05, 0) is 30.3 Å². The highest BCUT2D eigenvalue weighted by Crippen LogP contribution is 2.40. The molecule has 24 heavy (non-hydrogen) atoms. The molecule has 3 rings (SSSR count). The minimum atomic E-state index is -0.495. The van der Waals surface area contributed by atoms with Crippen LogP contribution in [0.15, 0.2) is 47.4 Å². The molecule has 2 aromatic rings. The van der Waals surface area contributed by atoms with Crippen molar-refractivity contribution in [1.82, 2.24) is 0 Å². The minimum Gasteiger partial charge on any atom is -0.495 e. The van der Waals surface area contributed by atoms with Crippen molar-refractivity contribution < 1.29 is 13.9 Å². The van der Waals surface area contributed by atoms with E-state index in [2.05, 4.69) is 0 Å². The number of rotatable bonds is 3. The maximum atomic E-state index is 14.0. The van der Waals surface area contributed by atoms with E-state index in [1.54, 1.807) is 30.3 Å². The Labute approximate surface area is 153 Å². The summed E-state index contributed by atoms with van der Waals surface area (Å²) in [4.78, 5) is 14.4. The highest BCUT2D eigenvalue weighted by Gasteiger charge is 2.35. The summed E-state index contributed by atoms with van der Waals surface area (Å²) in [6.45, 7) is 0. The van der Waals surface area contributed by atoms with Crippen LogP contribution in [-0.4, -0.2) is 17.3 Å². The zero-order valence-electron chi connectivity index (χ0n) is 12.5. The third-order valence-corrected chi connectivity index (χ3v) is 5.03. The fourth-order valence-electron chi connectivity index (χ4n) is 2.27. The number of carbonyl (C=O) groups excluding carboxylic acids is 1. The van der Waals surface area contributed by atoms with Crippen molar-refractivity contribution in [2.24, 2.45) is 0 Å². The van der Waals surface area contributed by atoms with E-state index >= 15 is 0 Å². The van der Waals surface area contributed by atoms with Crippen LogP contribution in [0.3, 0.4) is 0 Å². The molecule has 1 saturated heterocycles. The lowest BCUT2D eigenvalue weighted by atomic mass is 10.2. The number of hydrogen-bond acceptors (Lipinski definition) is 4. The molecule has 0 bridgehead atoms. The number of thiocarbonyl (C=S) groups is 1. The van der Waals surface area contributed by atoms with Gasteiger partial charge in [0.1, 0.15) is 11.6 Å². The highest BCUT2D eigenvalue weighted by molar-refractivity contribution is 8.27. The average Bonchev–Trinajstić information content (AvgIpc) is 2.85. The predicted molar refractivity (Wildman–Crippen MR) is 100 cm³/mol. The lowest BCUT2D eigenvalue weighted by molar-refractivity contribution is -0.113. The number of anilines is 1. The van der Waals surface area contributed by atoms with Crippen LogP contribution in [0.25, 0.3) is 6.08 Å². The Hall–Kier alpha value is -1.89. The van der Waals surface area contributed by atoms with Crippen molar-refractivity contribution in [2.45, 2.75) is 0 Å². The molecule has 0 atom stereocenters. The number of ether oxygens (including phenoxy) is 1. The summed E-state index contributed by atoms with van der Waals surface area (Å²) in [5.74, 6) is -0.308. The molecule has 1 aliphatic heterocycles. The molecular formula is C17H11ClFNO2S2. The smallest absolute Gasteiger partial charge is 0.270 e. The van der Waals surface area contributed by atoms with E-state index in [1.807, 2.05) is 0 Å². The van der Waals surface area contributed by atoms with E-state index in [-0.39, 0.29) is 16.5 Å². The standard InChI is InChI=1S/C17H11ClFNO2S2/c1-22-14-8-3-2-7-13(14)20-16(21)15(24-17(20)23)9-10-11(18)5-4-6-12(10)19/h2-9H,1H3/b15-9-. The summed E-state index contributed by atoms with van der Waals surface area (Å²) < 4.78 is 19.6. The summed E-state index contributed by atoms with van der Waals surface area (Å²) in [6.07, 6.45) is 1.42. The molecule has 0 aliphatic carbocycles. The Morgan fingerprint density at radius 1 is 1.25 bits per heavy atom. The Kier molecular flexibility index (Phi) is 4.89. The molecule has 0 N–H and O–H groups in total. The average molecular weight is 380 g/mol. The number of halogens is 2. The minimum absolute atomic E-state index is 0.166. The fourth-order valence-corrected chi connectivity index (χ4v) is 3.75. The van der Waals surface area contributed by atoms with Gasteiger partial charge in [-0.1, -0.05) is 53.8 Å². The quantitative estimate of drug-likeness (QED) is 0.560. The second-order valence-corrected chi connectivity index (χ2v) is 6.91. The van der Waals surface area contributed by atoms with E-state index in [9.17, 15) is 9.18 Å². The van der Waals surface area contributed by atoms with E-state index in [1.165, 1.54) is 30.2 Å². The normalized spacial score (nSPS) is 16.1. The monoisotopic (exact) mass is 379 g/mol. The van der Waals surface area contributed by atoms with Crippen molar-refractivity contribution in [1.29, 1.82) is 0 Å². The largest absolute Gasteiger partial charge is 0.495 e. The number of carbonyl (C=O) groups is 1. The predicted octanol–water partition coefficient (Wildman–Crippen LogP) is 4.89. The Morgan fingerprint density at radius 2 is 2.00 bits per heavy atom. The Bertz CT molecular complexity index is 849. The number of methoxy groups -OCH3 is 1.